The molecule has 3 N–H and O–H groups in total. The van der Waals surface area contributed by atoms with E-state index in [2.05, 4.69) is 16.2 Å². The molecule has 0 fully saturated rings. The highest BCUT2D eigenvalue weighted by Crippen LogP contribution is 2.18. The summed E-state index contributed by atoms with van der Waals surface area (Å²) < 4.78 is 13.2. The predicted molar refractivity (Wildman–Crippen MR) is 137 cm³/mol. The second-order valence-corrected chi connectivity index (χ2v) is 7.87. The number of aromatic nitrogens is 1. The van der Waals surface area contributed by atoms with Gasteiger partial charge < -0.3 is 14.0 Å². The molecule has 0 aliphatic rings. The molecule has 0 bridgehead atoms. The van der Waals surface area contributed by atoms with Crippen LogP contribution in [0.2, 0.25) is 0 Å². The summed E-state index contributed by atoms with van der Waals surface area (Å²) in [5.74, 6) is 0.358. The van der Waals surface area contributed by atoms with E-state index in [9.17, 15) is 9.59 Å². The minimum absolute atomic E-state index is 0.0390. The molecular formula is C26H24N4O4S. The second-order valence-electron chi connectivity index (χ2n) is 7.47. The third-order valence-corrected chi connectivity index (χ3v) is 5.23. The highest BCUT2D eigenvalue weighted by atomic mass is 32.1. The van der Waals surface area contributed by atoms with E-state index in [1.807, 2.05) is 71.4 Å². The number of nitrogens with zero attached hydrogens (tertiary/aromatic N) is 1. The van der Waals surface area contributed by atoms with Crippen LogP contribution in [-0.4, -0.2) is 34.7 Å². The fourth-order valence-electron chi connectivity index (χ4n) is 3.41. The zero-order chi connectivity index (χ0) is 24.5. The smallest absolute Gasteiger partial charge is 0.261 e. The van der Waals surface area contributed by atoms with Crippen molar-refractivity contribution in [2.45, 2.75) is 6.54 Å². The summed E-state index contributed by atoms with van der Waals surface area (Å²) in [7, 11) is 0. The average Bonchev–Trinajstić information content (AvgIpc) is 3.29. The summed E-state index contributed by atoms with van der Waals surface area (Å²) in [6.07, 6.45) is 1.84. The summed E-state index contributed by atoms with van der Waals surface area (Å²) in [5.41, 5.74) is 6.32. The van der Waals surface area contributed by atoms with Crippen LogP contribution in [0.5, 0.6) is 11.5 Å². The molecule has 4 rings (SSSR count). The number of hydrazine groups is 1. The zero-order valence-electron chi connectivity index (χ0n) is 18.8. The first kappa shape index (κ1) is 23.8. The Labute approximate surface area is 207 Å². The standard InChI is InChI=1S/C26H24N4O4S/c31-24(18-30-15-14-19-8-4-6-12-22(19)30)28-29-26(35)27-25(32)21-11-5-7-13-23(21)34-17-16-33-20-9-2-1-3-10-20/h1-15H,16-18H2,(H,28,31)(H2,27,29,32,35). The fraction of sp³-hybridized carbons (Fsp3) is 0.115. The normalized spacial score (nSPS) is 10.4. The molecule has 0 unspecified atom stereocenters. The molecule has 0 radical (unpaired) electrons. The van der Waals surface area contributed by atoms with Gasteiger partial charge in [-0.2, -0.15) is 0 Å². The van der Waals surface area contributed by atoms with Crippen molar-refractivity contribution in [2.24, 2.45) is 0 Å². The van der Waals surface area contributed by atoms with Crippen LogP contribution in [0.4, 0.5) is 0 Å². The third kappa shape index (κ3) is 6.58. The lowest BCUT2D eigenvalue weighted by molar-refractivity contribution is -0.122. The van der Waals surface area contributed by atoms with Gasteiger partial charge >= 0.3 is 0 Å². The molecule has 9 heteroatoms. The van der Waals surface area contributed by atoms with Crippen molar-refractivity contribution in [3.63, 3.8) is 0 Å². The van der Waals surface area contributed by atoms with Crippen LogP contribution in [0, 0.1) is 0 Å². The average molecular weight is 489 g/mol. The van der Waals surface area contributed by atoms with Gasteiger partial charge in [-0.3, -0.25) is 25.8 Å². The highest BCUT2D eigenvalue weighted by molar-refractivity contribution is 7.80. The van der Waals surface area contributed by atoms with Gasteiger partial charge in [-0.25, -0.2) is 0 Å². The highest BCUT2D eigenvalue weighted by Gasteiger charge is 2.14. The van der Waals surface area contributed by atoms with Crippen molar-refractivity contribution >= 4 is 40.0 Å². The van der Waals surface area contributed by atoms with Crippen molar-refractivity contribution in [1.29, 1.82) is 0 Å². The van der Waals surface area contributed by atoms with Crippen LogP contribution < -0.4 is 25.6 Å². The van der Waals surface area contributed by atoms with E-state index in [0.717, 1.165) is 16.7 Å². The zero-order valence-corrected chi connectivity index (χ0v) is 19.6. The van der Waals surface area contributed by atoms with Crippen LogP contribution >= 0.6 is 12.2 Å². The van der Waals surface area contributed by atoms with Crippen molar-refractivity contribution in [3.8, 4) is 11.5 Å². The van der Waals surface area contributed by atoms with Crippen LogP contribution in [0.15, 0.2) is 91.1 Å². The van der Waals surface area contributed by atoms with E-state index < -0.39 is 5.91 Å². The number of thiocarbonyl (C=S) groups is 1. The number of rotatable bonds is 8. The molecule has 0 saturated heterocycles. The molecule has 3 aromatic carbocycles. The van der Waals surface area contributed by atoms with Gasteiger partial charge in [0, 0.05) is 11.7 Å². The van der Waals surface area contributed by atoms with E-state index in [0.29, 0.717) is 17.9 Å². The maximum absolute atomic E-state index is 12.7. The Bertz CT molecular complexity index is 1320. The van der Waals surface area contributed by atoms with Crippen LogP contribution in [0.3, 0.4) is 0 Å². The molecule has 0 aliphatic heterocycles. The largest absolute Gasteiger partial charge is 0.490 e. The third-order valence-electron chi connectivity index (χ3n) is 5.02. The second kappa shape index (κ2) is 11.7. The van der Waals surface area contributed by atoms with Crippen molar-refractivity contribution < 1.29 is 19.1 Å². The monoisotopic (exact) mass is 488 g/mol. The lowest BCUT2D eigenvalue weighted by Gasteiger charge is -2.14. The molecule has 2 amide bonds. The van der Waals surface area contributed by atoms with Crippen LogP contribution in [0.25, 0.3) is 10.9 Å². The number of carbonyl (C=O) groups excluding carboxylic acids is 2. The number of carbonyl (C=O) groups is 2. The lowest BCUT2D eigenvalue weighted by Crippen LogP contribution is -2.49. The van der Waals surface area contributed by atoms with Gasteiger partial charge in [-0.15, -0.1) is 0 Å². The number of hydrogen-bond acceptors (Lipinski definition) is 5. The number of hydrogen-bond donors (Lipinski definition) is 3. The first-order valence-electron chi connectivity index (χ1n) is 10.9. The van der Waals surface area contributed by atoms with Gasteiger partial charge in [0.15, 0.2) is 5.11 Å². The van der Waals surface area contributed by atoms with Gasteiger partial charge in [0.2, 0.25) is 0 Å². The molecule has 1 heterocycles. The molecule has 0 spiro atoms. The Morgan fingerprint density at radius 2 is 1.51 bits per heavy atom. The SMILES string of the molecule is O=C(Cn1ccc2ccccc21)NNC(=S)NC(=O)c1ccccc1OCCOc1ccccc1. The molecule has 0 atom stereocenters. The van der Waals surface area contributed by atoms with Crippen molar-refractivity contribution in [3.05, 3.63) is 96.7 Å². The minimum Gasteiger partial charge on any atom is -0.490 e. The molecule has 8 nitrogen and oxygen atoms in total. The number of fused-ring (bicyclic) bond motifs is 1. The Morgan fingerprint density at radius 1 is 0.800 bits per heavy atom. The first-order chi connectivity index (χ1) is 17.1. The van der Waals surface area contributed by atoms with Gasteiger partial charge in [0.25, 0.3) is 11.8 Å². The topological polar surface area (TPSA) is 93.6 Å². The molecule has 4 aromatic rings. The number of nitrogens with one attached hydrogen (secondary N) is 3. The number of ether oxygens (including phenoxy) is 2. The fourth-order valence-corrected chi connectivity index (χ4v) is 3.55. The Balaban J connectivity index is 1.24. The number of benzene rings is 3. The maximum Gasteiger partial charge on any atom is 0.261 e. The van der Waals surface area contributed by atoms with E-state index in [-0.39, 0.29) is 24.2 Å². The molecule has 0 saturated carbocycles. The maximum atomic E-state index is 12.7. The summed E-state index contributed by atoms with van der Waals surface area (Å²) >= 11 is 5.15. The summed E-state index contributed by atoms with van der Waals surface area (Å²) in [4.78, 5) is 25.0. The first-order valence-corrected chi connectivity index (χ1v) is 11.3. The summed E-state index contributed by atoms with van der Waals surface area (Å²) in [6, 6.07) is 25.9. The number of amides is 2. The van der Waals surface area contributed by atoms with Crippen molar-refractivity contribution in [1.82, 2.24) is 20.7 Å². The van der Waals surface area contributed by atoms with Gasteiger partial charge in [0.1, 0.15) is 31.3 Å². The molecule has 1 aromatic heterocycles. The van der Waals surface area contributed by atoms with Gasteiger partial charge in [-0.05, 0) is 54.0 Å². The quantitative estimate of drug-likeness (QED) is 0.200. The molecule has 178 valence electrons. The Hall–Kier alpha value is -4.37. The Kier molecular flexibility index (Phi) is 7.92. The predicted octanol–water partition coefficient (Wildman–Crippen LogP) is 3.43. The molecule has 0 aliphatic carbocycles. The summed E-state index contributed by atoms with van der Waals surface area (Å²) in [5, 5.41) is 3.55. The summed E-state index contributed by atoms with van der Waals surface area (Å²) in [6.45, 7) is 0.674. The minimum atomic E-state index is -0.465. The lowest BCUT2D eigenvalue weighted by atomic mass is 10.2. The van der Waals surface area contributed by atoms with E-state index >= 15 is 0 Å². The van der Waals surface area contributed by atoms with Crippen LogP contribution in [0.1, 0.15) is 10.4 Å². The van der Waals surface area contributed by atoms with Gasteiger partial charge in [-0.1, -0.05) is 48.5 Å². The van der Waals surface area contributed by atoms with Crippen molar-refractivity contribution in [2.75, 3.05) is 13.2 Å². The van der Waals surface area contributed by atoms with E-state index in [4.69, 9.17) is 21.7 Å². The van der Waals surface area contributed by atoms with Crippen LogP contribution in [-0.2, 0) is 11.3 Å². The van der Waals surface area contributed by atoms with E-state index in [1.54, 1.807) is 24.3 Å². The molecular weight excluding hydrogens is 464 g/mol. The van der Waals surface area contributed by atoms with Gasteiger partial charge in [0.05, 0.1) is 5.56 Å². The molecule has 35 heavy (non-hydrogen) atoms. The van der Waals surface area contributed by atoms with E-state index in [1.165, 1.54) is 0 Å². The number of para-hydroxylation sites is 3. The Morgan fingerprint density at radius 3 is 2.37 bits per heavy atom.